The summed E-state index contributed by atoms with van der Waals surface area (Å²) in [6.07, 6.45) is 3.67. The molecule has 0 saturated carbocycles. The van der Waals surface area contributed by atoms with Gasteiger partial charge in [0.15, 0.2) is 0 Å². The normalized spacial score (nSPS) is 10.8. The average Bonchev–Trinajstić information content (AvgIpc) is 2.69. The van der Waals surface area contributed by atoms with Crippen molar-refractivity contribution in [3.05, 3.63) is 84.1 Å². The zero-order chi connectivity index (χ0) is 17.9. The maximum atomic E-state index is 8.42. The van der Waals surface area contributed by atoms with Crippen molar-refractivity contribution in [3.8, 4) is 11.3 Å². The summed E-state index contributed by atoms with van der Waals surface area (Å²) in [6, 6.07) is 19.0. The summed E-state index contributed by atoms with van der Waals surface area (Å²) < 4.78 is 1.36. The van der Waals surface area contributed by atoms with Gasteiger partial charge in [-0.1, -0.05) is 36.4 Å². The summed E-state index contributed by atoms with van der Waals surface area (Å²) in [5.74, 6) is 0.232. The van der Waals surface area contributed by atoms with Crippen LogP contribution < -0.4 is 5.49 Å². The molecule has 2 aromatic heterocycles. The minimum atomic E-state index is 0.176. The zero-order valence-corrected chi connectivity index (χ0v) is 13.9. The number of nitrogens with one attached hydrogen (secondary N) is 2. The first-order chi connectivity index (χ1) is 12.7. The third kappa shape index (κ3) is 3.12. The van der Waals surface area contributed by atoms with Gasteiger partial charge >= 0.3 is 0 Å². The molecule has 4 rings (SSSR count). The number of rotatable bonds is 3. The number of aromatic nitrogens is 4. The van der Waals surface area contributed by atoms with Gasteiger partial charge in [-0.2, -0.15) is 5.10 Å². The second-order valence-corrected chi connectivity index (χ2v) is 5.88. The van der Waals surface area contributed by atoms with Crippen LogP contribution in [0, 0.1) is 10.8 Å². The number of nitrogens with zero attached hydrogens (tertiary/aromatic N) is 4. The van der Waals surface area contributed by atoms with Gasteiger partial charge in [0.25, 0.3) is 0 Å². The largest absolute Gasteiger partial charge is 0.286 e. The fourth-order valence-electron chi connectivity index (χ4n) is 2.78. The van der Waals surface area contributed by atoms with Crippen LogP contribution in [0.15, 0.2) is 73.1 Å². The lowest BCUT2D eigenvalue weighted by molar-refractivity contribution is 0.800. The van der Waals surface area contributed by atoms with E-state index in [4.69, 9.17) is 10.8 Å². The van der Waals surface area contributed by atoms with Gasteiger partial charge in [-0.25, -0.2) is 4.68 Å². The molecular weight excluding hydrogens is 324 g/mol. The monoisotopic (exact) mass is 340 g/mol. The van der Waals surface area contributed by atoms with E-state index in [1.165, 1.54) is 4.68 Å². The number of hydrogen-bond acceptors (Lipinski definition) is 5. The summed E-state index contributed by atoms with van der Waals surface area (Å²) in [5.41, 5.74) is 4.41. The van der Waals surface area contributed by atoms with Crippen molar-refractivity contribution < 1.29 is 0 Å². The highest BCUT2D eigenvalue weighted by atomic mass is 15.3. The highest BCUT2D eigenvalue weighted by Gasteiger charge is 2.08. The third-order valence-corrected chi connectivity index (χ3v) is 4.07. The van der Waals surface area contributed by atoms with Crippen molar-refractivity contribution in [1.29, 1.82) is 10.8 Å². The Hall–Kier alpha value is -3.67. The Morgan fingerprint density at radius 1 is 0.885 bits per heavy atom. The highest BCUT2D eigenvalue weighted by molar-refractivity contribution is 5.84. The van der Waals surface area contributed by atoms with E-state index >= 15 is 0 Å². The second kappa shape index (κ2) is 6.68. The van der Waals surface area contributed by atoms with Crippen molar-refractivity contribution in [1.82, 2.24) is 19.7 Å². The SMILES string of the molecule is N=C(Cc1ccc2nccnc2c1)n1nc(-c2ccccc2)ccc1=N. The Morgan fingerprint density at radius 2 is 1.65 bits per heavy atom. The van der Waals surface area contributed by atoms with E-state index < -0.39 is 0 Å². The predicted molar refractivity (Wildman–Crippen MR) is 99.9 cm³/mol. The number of hydrogen-bond donors (Lipinski definition) is 2. The molecule has 0 bridgehead atoms. The van der Waals surface area contributed by atoms with Crippen molar-refractivity contribution in [2.24, 2.45) is 0 Å². The van der Waals surface area contributed by atoms with E-state index in [0.29, 0.717) is 6.42 Å². The molecule has 6 nitrogen and oxygen atoms in total. The Labute approximate surface area is 149 Å². The molecule has 0 aliphatic rings. The quantitative estimate of drug-likeness (QED) is 0.443. The number of fused-ring (bicyclic) bond motifs is 1. The molecule has 0 saturated heterocycles. The van der Waals surface area contributed by atoms with Crippen LogP contribution in [0.3, 0.4) is 0 Å². The van der Waals surface area contributed by atoms with Gasteiger partial charge < -0.3 is 0 Å². The standard InChI is InChI=1S/C20H16N6/c21-19-9-8-16(15-4-2-1-3-5-15)25-26(19)20(22)13-14-6-7-17-18(12-14)24-11-10-23-17/h1-12,21-22H,13H2. The van der Waals surface area contributed by atoms with Gasteiger partial charge in [-0.15, -0.1) is 0 Å². The van der Waals surface area contributed by atoms with E-state index in [9.17, 15) is 0 Å². The predicted octanol–water partition coefficient (Wildman–Crippen LogP) is 3.04. The van der Waals surface area contributed by atoms with Crippen LogP contribution in [-0.2, 0) is 6.42 Å². The Bertz CT molecular complexity index is 1150. The molecule has 0 aliphatic carbocycles. The molecule has 0 radical (unpaired) electrons. The number of benzene rings is 2. The first kappa shape index (κ1) is 15.8. The van der Waals surface area contributed by atoms with Crippen LogP contribution in [0.25, 0.3) is 22.3 Å². The topological polar surface area (TPSA) is 91.3 Å². The van der Waals surface area contributed by atoms with Gasteiger partial charge in [0, 0.05) is 24.4 Å². The molecule has 0 unspecified atom stereocenters. The van der Waals surface area contributed by atoms with Crippen molar-refractivity contribution in [2.45, 2.75) is 6.42 Å². The Balaban J connectivity index is 1.66. The molecular formula is C20H16N6. The minimum Gasteiger partial charge on any atom is -0.286 e. The van der Waals surface area contributed by atoms with E-state index in [2.05, 4.69) is 15.1 Å². The van der Waals surface area contributed by atoms with Gasteiger partial charge in [0.05, 0.1) is 16.7 Å². The summed E-state index contributed by atoms with van der Waals surface area (Å²) in [6.45, 7) is 0. The lowest BCUT2D eigenvalue weighted by Crippen LogP contribution is -2.30. The summed E-state index contributed by atoms with van der Waals surface area (Å²) in [5, 5.41) is 21.0. The van der Waals surface area contributed by atoms with E-state index in [1.807, 2.05) is 48.5 Å². The van der Waals surface area contributed by atoms with Crippen molar-refractivity contribution in [3.63, 3.8) is 0 Å². The molecule has 2 aromatic carbocycles. The highest BCUT2D eigenvalue weighted by Crippen LogP contribution is 2.15. The van der Waals surface area contributed by atoms with Crippen LogP contribution in [0.2, 0.25) is 0 Å². The summed E-state index contributed by atoms with van der Waals surface area (Å²) in [7, 11) is 0. The van der Waals surface area contributed by atoms with E-state index in [1.54, 1.807) is 24.5 Å². The maximum Gasteiger partial charge on any atom is 0.148 e. The fourth-order valence-corrected chi connectivity index (χ4v) is 2.78. The molecule has 0 spiro atoms. The Kier molecular flexibility index (Phi) is 4.07. The van der Waals surface area contributed by atoms with Gasteiger partial charge in [0.1, 0.15) is 11.3 Å². The molecule has 6 heteroatoms. The minimum absolute atomic E-state index is 0.176. The molecule has 2 N–H and O–H groups in total. The zero-order valence-electron chi connectivity index (χ0n) is 13.9. The fraction of sp³-hybridized carbons (Fsp3) is 0.0500. The molecule has 0 amide bonds. The van der Waals surface area contributed by atoms with E-state index in [-0.39, 0.29) is 11.3 Å². The molecule has 26 heavy (non-hydrogen) atoms. The molecule has 0 atom stereocenters. The van der Waals surface area contributed by atoms with Gasteiger partial charge in [-0.05, 0) is 29.8 Å². The van der Waals surface area contributed by atoms with Gasteiger partial charge in [0.2, 0.25) is 0 Å². The summed E-state index contributed by atoms with van der Waals surface area (Å²) >= 11 is 0. The molecule has 2 heterocycles. The third-order valence-electron chi connectivity index (χ3n) is 4.07. The van der Waals surface area contributed by atoms with Crippen LogP contribution >= 0.6 is 0 Å². The second-order valence-electron chi connectivity index (χ2n) is 5.88. The Morgan fingerprint density at radius 3 is 2.46 bits per heavy atom. The average molecular weight is 340 g/mol. The van der Waals surface area contributed by atoms with E-state index in [0.717, 1.165) is 27.9 Å². The smallest absolute Gasteiger partial charge is 0.148 e. The maximum absolute atomic E-state index is 8.42. The van der Waals surface area contributed by atoms with Crippen LogP contribution in [0.5, 0.6) is 0 Å². The lowest BCUT2D eigenvalue weighted by atomic mass is 10.1. The van der Waals surface area contributed by atoms with Gasteiger partial charge in [-0.3, -0.25) is 20.8 Å². The molecule has 126 valence electrons. The summed E-state index contributed by atoms with van der Waals surface area (Å²) in [4.78, 5) is 8.56. The first-order valence-corrected chi connectivity index (χ1v) is 8.18. The van der Waals surface area contributed by atoms with Crippen molar-refractivity contribution >= 4 is 16.9 Å². The molecule has 4 aromatic rings. The molecule has 0 fully saturated rings. The lowest BCUT2D eigenvalue weighted by Gasteiger charge is -2.10. The molecule has 0 aliphatic heterocycles. The van der Waals surface area contributed by atoms with Crippen molar-refractivity contribution in [2.75, 3.05) is 0 Å². The van der Waals surface area contributed by atoms with Crippen LogP contribution in [0.1, 0.15) is 5.56 Å². The first-order valence-electron chi connectivity index (χ1n) is 8.18. The van der Waals surface area contributed by atoms with Crippen LogP contribution in [0.4, 0.5) is 0 Å². The van der Waals surface area contributed by atoms with Crippen LogP contribution in [-0.4, -0.2) is 25.6 Å².